The standard InChI is InChI=1S/C16H27NO2/c1-12(2)7-9-19-10-8-17-14(4)15-6-5-13(3)11-16(15)18/h5-6,11-12,14,17-18H,7-10H2,1-4H3. The number of benzene rings is 1. The van der Waals surface area contributed by atoms with Crippen molar-refractivity contribution in [1.82, 2.24) is 5.32 Å². The highest BCUT2D eigenvalue weighted by molar-refractivity contribution is 5.37. The molecule has 0 heterocycles. The Hall–Kier alpha value is -1.06. The van der Waals surface area contributed by atoms with Gasteiger partial charge in [-0.3, -0.25) is 0 Å². The van der Waals surface area contributed by atoms with Crippen LogP contribution in [0.2, 0.25) is 0 Å². The van der Waals surface area contributed by atoms with Gasteiger partial charge in [-0.15, -0.1) is 0 Å². The maximum absolute atomic E-state index is 9.89. The van der Waals surface area contributed by atoms with Crippen molar-refractivity contribution in [2.24, 2.45) is 5.92 Å². The van der Waals surface area contributed by atoms with Crippen LogP contribution in [0.1, 0.15) is 44.4 Å². The molecule has 3 heteroatoms. The van der Waals surface area contributed by atoms with E-state index in [-0.39, 0.29) is 6.04 Å². The van der Waals surface area contributed by atoms with Crippen molar-refractivity contribution in [3.63, 3.8) is 0 Å². The van der Waals surface area contributed by atoms with Crippen LogP contribution in [0.5, 0.6) is 5.75 Å². The number of ether oxygens (including phenoxy) is 1. The first-order valence-electron chi connectivity index (χ1n) is 7.11. The van der Waals surface area contributed by atoms with Gasteiger partial charge in [-0.05, 0) is 37.8 Å². The van der Waals surface area contributed by atoms with Crippen molar-refractivity contribution in [2.75, 3.05) is 19.8 Å². The van der Waals surface area contributed by atoms with Crippen molar-refractivity contribution in [1.29, 1.82) is 0 Å². The van der Waals surface area contributed by atoms with E-state index in [0.717, 1.165) is 30.7 Å². The Labute approximate surface area is 117 Å². The minimum Gasteiger partial charge on any atom is -0.508 e. The summed E-state index contributed by atoms with van der Waals surface area (Å²) in [6.07, 6.45) is 1.11. The molecule has 0 aliphatic heterocycles. The molecule has 0 amide bonds. The molecule has 0 aliphatic rings. The molecule has 1 aromatic carbocycles. The number of aryl methyl sites for hydroxylation is 1. The second kappa shape index (κ2) is 8.18. The molecule has 1 rings (SSSR count). The van der Waals surface area contributed by atoms with Gasteiger partial charge < -0.3 is 15.2 Å². The third kappa shape index (κ3) is 6.08. The van der Waals surface area contributed by atoms with Gasteiger partial charge >= 0.3 is 0 Å². The number of phenols is 1. The number of phenolic OH excluding ortho intramolecular Hbond substituents is 1. The van der Waals surface area contributed by atoms with Crippen LogP contribution in [-0.4, -0.2) is 24.9 Å². The molecule has 3 nitrogen and oxygen atoms in total. The van der Waals surface area contributed by atoms with E-state index < -0.39 is 0 Å². The van der Waals surface area contributed by atoms with Gasteiger partial charge in [0.05, 0.1) is 6.61 Å². The molecule has 0 fully saturated rings. The number of rotatable bonds is 8. The quantitative estimate of drug-likeness (QED) is 0.708. The average Bonchev–Trinajstić information content (AvgIpc) is 2.32. The summed E-state index contributed by atoms with van der Waals surface area (Å²) in [7, 11) is 0. The van der Waals surface area contributed by atoms with E-state index in [4.69, 9.17) is 4.74 Å². The van der Waals surface area contributed by atoms with E-state index in [1.807, 2.05) is 19.1 Å². The number of aromatic hydroxyl groups is 1. The molecular formula is C16H27NO2. The summed E-state index contributed by atoms with van der Waals surface area (Å²) in [5.74, 6) is 1.05. The van der Waals surface area contributed by atoms with Crippen molar-refractivity contribution < 1.29 is 9.84 Å². The van der Waals surface area contributed by atoms with E-state index in [1.165, 1.54) is 0 Å². The largest absolute Gasteiger partial charge is 0.508 e. The van der Waals surface area contributed by atoms with Crippen molar-refractivity contribution >= 4 is 0 Å². The molecule has 0 radical (unpaired) electrons. The summed E-state index contributed by atoms with van der Waals surface area (Å²) >= 11 is 0. The Morgan fingerprint density at radius 2 is 1.95 bits per heavy atom. The van der Waals surface area contributed by atoms with Gasteiger partial charge in [0, 0.05) is 24.8 Å². The molecule has 1 aromatic rings. The Bertz CT molecular complexity index is 377. The lowest BCUT2D eigenvalue weighted by molar-refractivity contribution is 0.123. The number of nitrogens with one attached hydrogen (secondary N) is 1. The first-order valence-corrected chi connectivity index (χ1v) is 7.11. The Balaban J connectivity index is 2.25. The molecule has 0 saturated heterocycles. The summed E-state index contributed by atoms with van der Waals surface area (Å²) in [6, 6.07) is 5.93. The van der Waals surface area contributed by atoms with E-state index in [1.54, 1.807) is 6.07 Å². The summed E-state index contributed by atoms with van der Waals surface area (Å²) in [5.41, 5.74) is 2.01. The number of hydrogen-bond acceptors (Lipinski definition) is 3. The fourth-order valence-electron chi connectivity index (χ4n) is 1.90. The van der Waals surface area contributed by atoms with Gasteiger partial charge in [-0.25, -0.2) is 0 Å². The first kappa shape index (κ1) is 16.0. The maximum atomic E-state index is 9.89. The monoisotopic (exact) mass is 265 g/mol. The molecule has 0 aliphatic carbocycles. The topological polar surface area (TPSA) is 41.5 Å². The van der Waals surface area contributed by atoms with Gasteiger partial charge in [0.1, 0.15) is 5.75 Å². The SMILES string of the molecule is Cc1ccc(C(C)NCCOCCC(C)C)c(O)c1. The van der Waals surface area contributed by atoms with Gasteiger partial charge in [0.15, 0.2) is 0 Å². The summed E-state index contributed by atoms with van der Waals surface area (Å²) in [5, 5.41) is 13.3. The minimum absolute atomic E-state index is 0.134. The van der Waals surface area contributed by atoms with Crippen LogP contribution in [0, 0.1) is 12.8 Å². The predicted molar refractivity (Wildman–Crippen MR) is 79.5 cm³/mol. The van der Waals surface area contributed by atoms with Crippen LogP contribution in [0.15, 0.2) is 18.2 Å². The lowest BCUT2D eigenvalue weighted by atomic mass is 10.1. The highest BCUT2D eigenvalue weighted by atomic mass is 16.5. The van der Waals surface area contributed by atoms with Crippen LogP contribution < -0.4 is 5.32 Å². The fraction of sp³-hybridized carbons (Fsp3) is 0.625. The lowest BCUT2D eigenvalue weighted by Crippen LogP contribution is -2.23. The highest BCUT2D eigenvalue weighted by Crippen LogP contribution is 2.24. The van der Waals surface area contributed by atoms with Crippen LogP contribution >= 0.6 is 0 Å². The van der Waals surface area contributed by atoms with Gasteiger partial charge in [0.2, 0.25) is 0 Å². The maximum Gasteiger partial charge on any atom is 0.120 e. The fourth-order valence-corrected chi connectivity index (χ4v) is 1.90. The normalized spacial score (nSPS) is 12.9. The van der Waals surface area contributed by atoms with E-state index >= 15 is 0 Å². The zero-order valence-corrected chi connectivity index (χ0v) is 12.6. The number of hydrogen-bond donors (Lipinski definition) is 2. The summed E-state index contributed by atoms with van der Waals surface area (Å²) < 4.78 is 5.56. The molecule has 0 spiro atoms. The van der Waals surface area contributed by atoms with E-state index in [9.17, 15) is 5.11 Å². The van der Waals surface area contributed by atoms with Gasteiger partial charge in [-0.2, -0.15) is 0 Å². The lowest BCUT2D eigenvalue weighted by Gasteiger charge is -2.16. The van der Waals surface area contributed by atoms with Gasteiger partial charge in [-0.1, -0.05) is 26.0 Å². The summed E-state index contributed by atoms with van der Waals surface area (Å²) in [4.78, 5) is 0. The molecular weight excluding hydrogens is 238 g/mol. The van der Waals surface area contributed by atoms with Gasteiger partial charge in [0.25, 0.3) is 0 Å². The Kier molecular flexibility index (Phi) is 6.89. The molecule has 1 atom stereocenters. The van der Waals surface area contributed by atoms with Crippen molar-refractivity contribution in [3.8, 4) is 5.75 Å². The van der Waals surface area contributed by atoms with Crippen LogP contribution in [0.4, 0.5) is 0 Å². The molecule has 1 unspecified atom stereocenters. The van der Waals surface area contributed by atoms with E-state index in [0.29, 0.717) is 18.3 Å². The third-order valence-electron chi connectivity index (χ3n) is 3.19. The van der Waals surface area contributed by atoms with Crippen LogP contribution in [-0.2, 0) is 4.74 Å². The van der Waals surface area contributed by atoms with E-state index in [2.05, 4.69) is 26.1 Å². The molecule has 0 bridgehead atoms. The summed E-state index contributed by atoms with van der Waals surface area (Å²) in [6.45, 7) is 10.8. The molecule has 19 heavy (non-hydrogen) atoms. The van der Waals surface area contributed by atoms with Crippen LogP contribution in [0.3, 0.4) is 0 Å². The second-order valence-electron chi connectivity index (χ2n) is 5.53. The Morgan fingerprint density at radius 3 is 2.58 bits per heavy atom. The third-order valence-corrected chi connectivity index (χ3v) is 3.19. The molecule has 2 N–H and O–H groups in total. The first-order chi connectivity index (χ1) is 9.00. The Morgan fingerprint density at radius 1 is 1.21 bits per heavy atom. The zero-order valence-electron chi connectivity index (χ0n) is 12.6. The predicted octanol–water partition coefficient (Wildman–Crippen LogP) is 3.41. The minimum atomic E-state index is 0.134. The highest BCUT2D eigenvalue weighted by Gasteiger charge is 2.09. The van der Waals surface area contributed by atoms with Crippen LogP contribution in [0.25, 0.3) is 0 Å². The smallest absolute Gasteiger partial charge is 0.120 e. The average molecular weight is 265 g/mol. The molecule has 108 valence electrons. The van der Waals surface area contributed by atoms with Crippen molar-refractivity contribution in [3.05, 3.63) is 29.3 Å². The van der Waals surface area contributed by atoms with Crippen molar-refractivity contribution in [2.45, 2.75) is 40.2 Å². The second-order valence-corrected chi connectivity index (χ2v) is 5.53. The molecule has 0 aromatic heterocycles. The zero-order chi connectivity index (χ0) is 14.3. The molecule has 0 saturated carbocycles.